The van der Waals surface area contributed by atoms with Crippen molar-refractivity contribution in [3.8, 4) is 0 Å². The monoisotopic (exact) mass is 513 g/mol. The van der Waals surface area contributed by atoms with E-state index < -0.39 is 22.5 Å². The molecule has 0 atom stereocenters. The summed E-state index contributed by atoms with van der Waals surface area (Å²) in [5.74, 6) is -0.551. The van der Waals surface area contributed by atoms with Crippen LogP contribution >= 0.6 is 15.9 Å². The SMILES string of the molecule is Cc1ccc(S(=O)(=O)N(CC(=O)N/N=C\c2ccccc2Br)c2cc(C)ccc2C)cc1. The van der Waals surface area contributed by atoms with Crippen LogP contribution in [0.1, 0.15) is 22.3 Å². The van der Waals surface area contributed by atoms with Gasteiger partial charge in [-0.1, -0.05) is 64.0 Å². The van der Waals surface area contributed by atoms with Gasteiger partial charge in [0.2, 0.25) is 0 Å². The zero-order chi connectivity index (χ0) is 23.3. The normalized spacial score (nSPS) is 11.5. The van der Waals surface area contributed by atoms with Crippen molar-refractivity contribution in [3.05, 3.63) is 93.5 Å². The van der Waals surface area contributed by atoms with Crippen molar-refractivity contribution >= 4 is 43.8 Å². The summed E-state index contributed by atoms with van der Waals surface area (Å²) < 4.78 is 28.9. The molecule has 3 aromatic carbocycles. The predicted molar refractivity (Wildman–Crippen MR) is 132 cm³/mol. The molecule has 1 amide bonds. The van der Waals surface area contributed by atoms with Crippen molar-refractivity contribution in [1.82, 2.24) is 5.43 Å². The highest BCUT2D eigenvalue weighted by Gasteiger charge is 2.28. The molecule has 0 aliphatic carbocycles. The van der Waals surface area contributed by atoms with Gasteiger partial charge in [0.1, 0.15) is 6.54 Å². The lowest BCUT2D eigenvalue weighted by Gasteiger charge is -2.25. The van der Waals surface area contributed by atoms with Crippen molar-refractivity contribution in [2.75, 3.05) is 10.8 Å². The van der Waals surface area contributed by atoms with Gasteiger partial charge >= 0.3 is 0 Å². The zero-order valence-electron chi connectivity index (χ0n) is 18.0. The minimum atomic E-state index is -3.98. The lowest BCUT2D eigenvalue weighted by atomic mass is 10.1. The maximum Gasteiger partial charge on any atom is 0.264 e. The third-order valence-electron chi connectivity index (χ3n) is 4.83. The topological polar surface area (TPSA) is 78.8 Å². The second-order valence-electron chi connectivity index (χ2n) is 7.43. The summed E-state index contributed by atoms with van der Waals surface area (Å²) in [6.07, 6.45) is 1.50. The van der Waals surface area contributed by atoms with E-state index in [4.69, 9.17) is 0 Å². The third-order valence-corrected chi connectivity index (χ3v) is 7.32. The smallest absolute Gasteiger partial charge is 0.264 e. The first-order valence-electron chi connectivity index (χ1n) is 9.91. The van der Waals surface area contributed by atoms with Gasteiger partial charge in [-0.3, -0.25) is 9.10 Å². The van der Waals surface area contributed by atoms with Crippen molar-refractivity contribution in [2.45, 2.75) is 25.7 Å². The Bertz CT molecular complexity index is 1260. The highest BCUT2D eigenvalue weighted by Crippen LogP contribution is 2.28. The van der Waals surface area contributed by atoms with Crippen LogP contribution in [0.2, 0.25) is 0 Å². The molecule has 0 saturated carbocycles. The lowest BCUT2D eigenvalue weighted by molar-refractivity contribution is -0.119. The van der Waals surface area contributed by atoms with Crippen LogP contribution in [-0.4, -0.2) is 27.1 Å². The van der Waals surface area contributed by atoms with E-state index in [1.807, 2.05) is 57.2 Å². The fourth-order valence-corrected chi connectivity index (χ4v) is 4.91. The number of hydrogen-bond donors (Lipinski definition) is 1. The van der Waals surface area contributed by atoms with Gasteiger partial charge in [0, 0.05) is 10.0 Å². The number of nitrogens with one attached hydrogen (secondary N) is 1. The molecule has 3 aromatic rings. The quantitative estimate of drug-likeness (QED) is 0.366. The van der Waals surface area contributed by atoms with Crippen LogP contribution in [0.25, 0.3) is 0 Å². The van der Waals surface area contributed by atoms with Gasteiger partial charge < -0.3 is 0 Å². The van der Waals surface area contributed by atoms with Crippen molar-refractivity contribution < 1.29 is 13.2 Å². The fourth-order valence-electron chi connectivity index (χ4n) is 3.04. The molecule has 0 unspecified atom stereocenters. The molecule has 0 radical (unpaired) electrons. The molecule has 166 valence electrons. The van der Waals surface area contributed by atoms with E-state index in [2.05, 4.69) is 26.5 Å². The summed E-state index contributed by atoms with van der Waals surface area (Å²) in [5.41, 5.74) is 6.25. The van der Waals surface area contributed by atoms with Crippen LogP contribution in [0.4, 0.5) is 5.69 Å². The Balaban J connectivity index is 1.91. The fraction of sp³-hybridized carbons (Fsp3) is 0.167. The largest absolute Gasteiger partial charge is 0.271 e. The minimum absolute atomic E-state index is 0.119. The number of nitrogens with zero attached hydrogens (tertiary/aromatic N) is 2. The number of carbonyl (C=O) groups is 1. The second kappa shape index (κ2) is 10.1. The second-order valence-corrected chi connectivity index (χ2v) is 10.1. The van der Waals surface area contributed by atoms with E-state index in [-0.39, 0.29) is 4.90 Å². The zero-order valence-corrected chi connectivity index (χ0v) is 20.4. The van der Waals surface area contributed by atoms with E-state index in [1.165, 1.54) is 6.21 Å². The first-order valence-corrected chi connectivity index (χ1v) is 12.1. The highest BCUT2D eigenvalue weighted by molar-refractivity contribution is 9.10. The molecule has 3 rings (SSSR count). The van der Waals surface area contributed by atoms with Crippen LogP contribution in [0.3, 0.4) is 0 Å². The van der Waals surface area contributed by atoms with Gasteiger partial charge in [0.05, 0.1) is 16.8 Å². The first-order chi connectivity index (χ1) is 15.2. The van der Waals surface area contributed by atoms with Crippen LogP contribution in [0.15, 0.2) is 81.2 Å². The number of hydrazone groups is 1. The number of rotatable bonds is 7. The molecule has 0 saturated heterocycles. The molecule has 0 aliphatic heterocycles. The average Bonchev–Trinajstić information content (AvgIpc) is 2.75. The van der Waals surface area contributed by atoms with Crippen LogP contribution in [0.5, 0.6) is 0 Å². The van der Waals surface area contributed by atoms with Gasteiger partial charge in [-0.2, -0.15) is 5.10 Å². The summed E-state index contributed by atoms with van der Waals surface area (Å²) in [4.78, 5) is 12.8. The third kappa shape index (κ3) is 5.63. The molecule has 0 aliphatic rings. The molecule has 0 bridgehead atoms. The standard InChI is InChI=1S/C24H24BrN3O3S/c1-17-9-12-21(13-10-17)32(30,31)28(23-14-18(2)8-11-19(23)3)16-24(29)27-26-15-20-6-4-5-7-22(20)25/h4-15H,16H2,1-3H3,(H,27,29)/b26-15-. The number of aryl methyl sites for hydroxylation is 3. The Morgan fingerprint density at radius 2 is 1.66 bits per heavy atom. The number of benzene rings is 3. The summed E-state index contributed by atoms with van der Waals surface area (Å²) in [5, 5.41) is 3.98. The van der Waals surface area contributed by atoms with E-state index in [1.54, 1.807) is 30.3 Å². The van der Waals surface area contributed by atoms with Crippen LogP contribution in [0, 0.1) is 20.8 Å². The molecule has 8 heteroatoms. The van der Waals surface area contributed by atoms with Crippen molar-refractivity contribution in [3.63, 3.8) is 0 Å². The maximum absolute atomic E-state index is 13.5. The molecule has 6 nitrogen and oxygen atoms in total. The van der Waals surface area contributed by atoms with E-state index in [0.717, 1.165) is 31.0 Å². The Hall–Kier alpha value is -2.97. The number of hydrogen-bond acceptors (Lipinski definition) is 4. The Morgan fingerprint density at radius 1 is 1.00 bits per heavy atom. The summed E-state index contributed by atoms with van der Waals surface area (Å²) in [6.45, 7) is 5.17. The maximum atomic E-state index is 13.5. The molecule has 0 fully saturated rings. The minimum Gasteiger partial charge on any atom is -0.271 e. The molecule has 32 heavy (non-hydrogen) atoms. The van der Waals surface area contributed by atoms with Crippen LogP contribution < -0.4 is 9.73 Å². The van der Waals surface area contributed by atoms with Gasteiger partial charge in [0.15, 0.2) is 0 Å². The average molecular weight is 514 g/mol. The van der Waals surface area contributed by atoms with E-state index in [9.17, 15) is 13.2 Å². The number of halogens is 1. The number of carbonyl (C=O) groups excluding carboxylic acids is 1. The van der Waals surface area contributed by atoms with Gasteiger partial charge in [0.25, 0.3) is 15.9 Å². The van der Waals surface area contributed by atoms with Crippen molar-refractivity contribution in [1.29, 1.82) is 0 Å². The predicted octanol–water partition coefficient (Wildman–Crippen LogP) is 4.72. The highest BCUT2D eigenvalue weighted by atomic mass is 79.9. The Labute approximate surface area is 197 Å². The van der Waals surface area contributed by atoms with Crippen molar-refractivity contribution in [2.24, 2.45) is 5.10 Å². The summed E-state index contributed by atoms with van der Waals surface area (Å²) in [7, 11) is -3.98. The van der Waals surface area contributed by atoms with Gasteiger partial charge in [-0.05, 0) is 56.2 Å². The number of amides is 1. The molecular weight excluding hydrogens is 490 g/mol. The first kappa shape index (κ1) is 23.7. The molecule has 0 spiro atoms. The van der Waals surface area contributed by atoms with E-state index >= 15 is 0 Å². The summed E-state index contributed by atoms with van der Waals surface area (Å²) >= 11 is 3.41. The molecular formula is C24H24BrN3O3S. The summed E-state index contributed by atoms with van der Waals surface area (Å²) in [6, 6.07) is 19.5. The molecule has 1 N–H and O–H groups in total. The molecule has 0 aromatic heterocycles. The van der Waals surface area contributed by atoms with E-state index in [0.29, 0.717) is 5.69 Å². The lowest BCUT2D eigenvalue weighted by Crippen LogP contribution is -2.40. The number of anilines is 1. The Morgan fingerprint density at radius 3 is 2.34 bits per heavy atom. The Kier molecular flexibility index (Phi) is 7.48. The van der Waals surface area contributed by atoms with Crippen LogP contribution in [-0.2, 0) is 14.8 Å². The van der Waals surface area contributed by atoms with Gasteiger partial charge in [-0.25, -0.2) is 13.8 Å². The molecule has 0 heterocycles. The number of sulfonamides is 1. The van der Waals surface area contributed by atoms with Gasteiger partial charge in [-0.15, -0.1) is 0 Å².